The highest BCUT2D eigenvalue weighted by Gasteiger charge is 2.30. The molecular weight excluding hydrogens is 376 g/mol. The lowest BCUT2D eigenvalue weighted by atomic mass is 9.68. The molecule has 2 aliphatic rings. The predicted octanol–water partition coefficient (Wildman–Crippen LogP) is 8.58. The first kappa shape index (κ1) is 24.0. The van der Waals surface area contributed by atoms with Gasteiger partial charge >= 0.3 is 0 Å². The molecule has 0 aromatic heterocycles. The number of hydrogen-bond donors (Lipinski definition) is 0. The third-order valence-electron chi connectivity index (χ3n) is 7.59. The highest BCUT2D eigenvalue weighted by molar-refractivity contribution is 5.40. The van der Waals surface area contributed by atoms with Crippen LogP contribution in [0.25, 0.3) is 0 Å². The molecular formula is C30H44O. The van der Waals surface area contributed by atoms with Crippen LogP contribution in [-0.2, 0) is 0 Å². The monoisotopic (exact) mass is 420 g/mol. The summed E-state index contributed by atoms with van der Waals surface area (Å²) in [5.74, 6) is 11.2. The molecule has 170 valence electrons. The molecule has 1 aromatic rings. The van der Waals surface area contributed by atoms with Gasteiger partial charge in [0, 0.05) is 5.56 Å². The van der Waals surface area contributed by atoms with Crippen molar-refractivity contribution in [1.82, 2.24) is 0 Å². The number of ether oxygens (including phenoxy) is 1. The SMILES string of the molecule is CCCCCC1CCC(C2CCC(/C=C/C#Cc3ccc(OCCC)cc3)CC2)CC1. The maximum atomic E-state index is 5.63. The predicted molar refractivity (Wildman–Crippen MR) is 133 cm³/mol. The van der Waals surface area contributed by atoms with E-state index in [1.54, 1.807) is 0 Å². The quantitative estimate of drug-likeness (QED) is 0.287. The number of allylic oxidation sites excluding steroid dienone is 2. The van der Waals surface area contributed by atoms with E-state index in [1.165, 1.54) is 77.0 Å². The Labute approximate surface area is 192 Å². The number of benzene rings is 1. The summed E-state index contributed by atoms with van der Waals surface area (Å²) in [5, 5.41) is 0. The van der Waals surface area contributed by atoms with Gasteiger partial charge in [0.15, 0.2) is 0 Å². The molecule has 1 heteroatoms. The van der Waals surface area contributed by atoms with Crippen LogP contribution in [0.5, 0.6) is 5.75 Å². The molecule has 0 spiro atoms. The van der Waals surface area contributed by atoms with E-state index in [1.807, 2.05) is 12.1 Å². The van der Waals surface area contributed by atoms with Gasteiger partial charge in [0.2, 0.25) is 0 Å². The number of rotatable bonds is 9. The Kier molecular flexibility index (Phi) is 10.6. The Morgan fingerprint density at radius 2 is 1.52 bits per heavy atom. The third-order valence-corrected chi connectivity index (χ3v) is 7.59. The van der Waals surface area contributed by atoms with Gasteiger partial charge in [0.25, 0.3) is 0 Å². The minimum absolute atomic E-state index is 0.737. The molecule has 0 unspecified atom stereocenters. The van der Waals surface area contributed by atoms with Gasteiger partial charge in [0.1, 0.15) is 5.75 Å². The number of hydrogen-bond acceptors (Lipinski definition) is 1. The molecule has 0 amide bonds. The van der Waals surface area contributed by atoms with Crippen molar-refractivity contribution < 1.29 is 4.74 Å². The first-order valence-electron chi connectivity index (χ1n) is 13.2. The highest BCUT2D eigenvalue weighted by Crippen LogP contribution is 2.42. The summed E-state index contributed by atoms with van der Waals surface area (Å²) in [7, 11) is 0. The van der Waals surface area contributed by atoms with Crippen molar-refractivity contribution in [3.05, 3.63) is 42.0 Å². The van der Waals surface area contributed by atoms with Crippen molar-refractivity contribution in [2.75, 3.05) is 6.61 Å². The molecule has 0 N–H and O–H groups in total. The van der Waals surface area contributed by atoms with Gasteiger partial charge in [-0.15, -0.1) is 0 Å². The van der Waals surface area contributed by atoms with Gasteiger partial charge in [-0.25, -0.2) is 0 Å². The second kappa shape index (κ2) is 13.7. The lowest BCUT2D eigenvalue weighted by molar-refractivity contribution is 0.151. The van der Waals surface area contributed by atoms with E-state index in [9.17, 15) is 0 Å². The first-order valence-corrected chi connectivity index (χ1v) is 13.2. The van der Waals surface area contributed by atoms with Crippen molar-refractivity contribution in [2.45, 2.75) is 97.3 Å². The fourth-order valence-electron chi connectivity index (χ4n) is 5.60. The van der Waals surface area contributed by atoms with Crippen LogP contribution in [0.1, 0.15) is 103 Å². The Morgan fingerprint density at radius 1 is 0.839 bits per heavy atom. The lowest BCUT2D eigenvalue weighted by Crippen LogP contribution is -2.25. The highest BCUT2D eigenvalue weighted by atomic mass is 16.5. The topological polar surface area (TPSA) is 9.23 Å². The van der Waals surface area contributed by atoms with Crippen LogP contribution in [0.15, 0.2) is 36.4 Å². The Hall–Kier alpha value is -1.68. The minimum Gasteiger partial charge on any atom is -0.494 e. The fourth-order valence-corrected chi connectivity index (χ4v) is 5.60. The van der Waals surface area contributed by atoms with Crippen LogP contribution in [-0.4, -0.2) is 6.61 Å². The van der Waals surface area contributed by atoms with Crippen molar-refractivity contribution in [3.8, 4) is 17.6 Å². The maximum absolute atomic E-state index is 5.63. The molecule has 1 aromatic carbocycles. The largest absolute Gasteiger partial charge is 0.494 e. The van der Waals surface area contributed by atoms with Gasteiger partial charge in [-0.05, 0) is 99.0 Å². The Morgan fingerprint density at radius 3 is 2.16 bits per heavy atom. The normalized spacial score (nSPS) is 26.4. The molecule has 0 atom stereocenters. The van der Waals surface area contributed by atoms with Gasteiger partial charge in [-0.1, -0.05) is 70.3 Å². The lowest BCUT2D eigenvalue weighted by Gasteiger charge is -2.37. The molecule has 2 fully saturated rings. The van der Waals surface area contributed by atoms with E-state index in [0.29, 0.717) is 0 Å². The summed E-state index contributed by atoms with van der Waals surface area (Å²) < 4.78 is 5.63. The van der Waals surface area contributed by atoms with Crippen LogP contribution < -0.4 is 4.74 Å². The molecule has 3 rings (SSSR count). The molecule has 0 heterocycles. The van der Waals surface area contributed by atoms with E-state index in [2.05, 4.69) is 50.0 Å². The molecule has 0 saturated heterocycles. The average Bonchev–Trinajstić information content (AvgIpc) is 2.82. The summed E-state index contributed by atoms with van der Waals surface area (Å²) in [5.41, 5.74) is 1.06. The average molecular weight is 421 g/mol. The van der Waals surface area contributed by atoms with Crippen LogP contribution in [0.2, 0.25) is 0 Å². The van der Waals surface area contributed by atoms with Crippen molar-refractivity contribution in [2.24, 2.45) is 23.7 Å². The van der Waals surface area contributed by atoms with Crippen molar-refractivity contribution in [1.29, 1.82) is 0 Å². The zero-order chi connectivity index (χ0) is 21.7. The summed E-state index contributed by atoms with van der Waals surface area (Å²) >= 11 is 0. The van der Waals surface area contributed by atoms with Crippen LogP contribution >= 0.6 is 0 Å². The molecule has 31 heavy (non-hydrogen) atoms. The van der Waals surface area contributed by atoms with E-state index in [-0.39, 0.29) is 0 Å². The van der Waals surface area contributed by atoms with Gasteiger partial charge in [-0.2, -0.15) is 0 Å². The summed E-state index contributed by atoms with van der Waals surface area (Å²) in [6.45, 7) is 5.22. The number of unbranched alkanes of at least 4 members (excludes halogenated alkanes) is 2. The summed E-state index contributed by atoms with van der Waals surface area (Å²) in [6, 6.07) is 8.14. The fraction of sp³-hybridized carbons (Fsp3) is 0.667. The molecule has 1 nitrogen and oxygen atoms in total. The second-order valence-electron chi connectivity index (χ2n) is 9.95. The van der Waals surface area contributed by atoms with Gasteiger partial charge in [0.05, 0.1) is 6.61 Å². The summed E-state index contributed by atoms with van der Waals surface area (Å²) in [4.78, 5) is 0. The summed E-state index contributed by atoms with van der Waals surface area (Å²) in [6.07, 6.45) is 22.9. The first-order chi connectivity index (χ1) is 15.3. The van der Waals surface area contributed by atoms with Crippen LogP contribution in [0.4, 0.5) is 0 Å². The zero-order valence-electron chi connectivity index (χ0n) is 20.1. The van der Waals surface area contributed by atoms with Crippen LogP contribution in [0, 0.1) is 35.5 Å². The van der Waals surface area contributed by atoms with E-state index >= 15 is 0 Å². The smallest absolute Gasteiger partial charge is 0.119 e. The van der Waals surface area contributed by atoms with Gasteiger partial charge < -0.3 is 4.74 Å². The molecule has 0 radical (unpaired) electrons. The Balaban J connectivity index is 1.34. The van der Waals surface area contributed by atoms with Crippen molar-refractivity contribution in [3.63, 3.8) is 0 Å². The third kappa shape index (κ3) is 8.40. The van der Waals surface area contributed by atoms with Crippen molar-refractivity contribution >= 4 is 0 Å². The Bertz CT molecular complexity index is 688. The molecule has 2 saturated carbocycles. The van der Waals surface area contributed by atoms with Gasteiger partial charge in [-0.3, -0.25) is 0 Å². The standard InChI is InChI=1S/C30H44O/c1-3-5-6-9-25-12-18-28(19-13-25)29-20-14-26(15-21-29)10-7-8-11-27-16-22-30(23-17-27)31-24-4-2/h7,10,16-17,22-23,25-26,28-29H,3-6,9,12-15,18-21,24H2,1-2H3/b10-7+. The zero-order valence-corrected chi connectivity index (χ0v) is 20.1. The molecule has 0 bridgehead atoms. The molecule has 0 aliphatic heterocycles. The van der Waals surface area contributed by atoms with E-state index in [4.69, 9.17) is 4.74 Å². The minimum atomic E-state index is 0.737. The second-order valence-corrected chi connectivity index (χ2v) is 9.95. The molecule has 2 aliphatic carbocycles. The van der Waals surface area contributed by atoms with E-state index in [0.717, 1.165) is 48.0 Å². The van der Waals surface area contributed by atoms with Crippen LogP contribution in [0.3, 0.4) is 0 Å². The maximum Gasteiger partial charge on any atom is 0.119 e. The van der Waals surface area contributed by atoms with E-state index < -0.39 is 0 Å².